The molecule has 0 aromatic carbocycles. The van der Waals surface area contributed by atoms with Crippen LogP contribution in [-0.2, 0) is 23.8 Å². The summed E-state index contributed by atoms with van der Waals surface area (Å²) in [5.41, 5.74) is 0.173. The van der Waals surface area contributed by atoms with Crippen molar-refractivity contribution in [2.75, 3.05) is 13.2 Å². The van der Waals surface area contributed by atoms with Crippen molar-refractivity contribution >= 4 is 11.9 Å². The smallest absolute Gasteiger partial charge is 0.334 e. The average Bonchev–Trinajstić information content (AvgIpc) is 2.65. The van der Waals surface area contributed by atoms with Crippen molar-refractivity contribution in [3.63, 3.8) is 0 Å². The molecule has 0 bridgehead atoms. The van der Waals surface area contributed by atoms with Gasteiger partial charge in [0, 0.05) is 16.9 Å². The highest BCUT2D eigenvalue weighted by molar-refractivity contribution is 5.89. The summed E-state index contributed by atoms with van der Waals surface area (Å²) < 4.78 is 16.2. The lowest BCUT2D eigenvalue weighted by molar-refractivity contribution is -0.532. The van der Waals surface area contributed by atoms with Gasteiger partial charge in [-0.3, -0.25) is 14.9 Å². The number of hydrogen-bond donors (Lipinski definition) is 0. The van der Waals surface area contributed by atoms with Crippen molar-refractivity contribution in [3.05, 3.63) is 21.8 Å². The van der Waals surface area contributed by atoms with Gasteiger partial charge < -0.3 is 14.2 Å². The fraction of sp³-hybridized carbons (Fsp3) is 0.789. The Morgan fingerprint density at radius 3 is 2.41 bits per heavy atom. The van der Waals surface area contributed by atoms with Gasteiger partial charge in [0.2, 0.25) is 6.04 Å². The number of esters is 2. The molecule has 0 saturated carbocycles. The zero-order chi connectivity index (χ0) is 20.4. The molecule has 3 atom stereocenters. The predicted molar refractivity (Wildman–Crippen MR) is 98.7 cm³/mol. The van der Waals surface area contributed by atoms with Crippen LogP contribution in [0.1, 0.15) is 59.8 Å². The van der Waals surface area contributed by atoms with Crippen LogP contribution < -0.4 is 0 Å². The third kappa shape index (κ3) is 6.61. The quantitative estimate of drug-likeness (QED) is 0.233. The van der Waals surface area contributed by atoms with E-state index in [1.54, 1.807) is 6.92 Å². The first-order valence-electron chi connectivity index (χ1n) is 9.72. The third-order valence-electron chi connectivity index (χ3n) is 4.65. The molecule has 0 aromatic heterocycles. The molecule has 0 amide bonds. The Bertz CT molecular complexity index is 542. The van der Waals surface area contributed by atoms with E-state index < -0.39 is 34.9 Å². The number of carbonyl (C=O) groups excluding carboxylic acids is 2. The average molecular weight is 385 g/mol. The summed E-state index contributed by atoms with van der Waals surface area (Å²) in [5.74, 6) is -2.35. The zero-order valence-electron chi connectivity index (χ0n) is 16.6. The van der Waals surface area contributed by atoms with Crippen LogP contribution in [0.25, 0.3) is 0 Å². The summed E-state index contributed by atoms with van der Waals surface area (Å²) in [5, 5.41) is 11.7. The molecule has 0 aliphatic heterocycles. The SMILES string of the molecule is CCCCOC(=O)[C@@H]1C([N+](=O)[O-])CC(C(=O)OCC)=C[C@H]1OC(CC)CC. The van der Waals surface area contributed by atoms with Gasteiger partial charge >= 0.3 is 11.9 Å². The van der Waals surface area contributed by atoms with Crippen molar-refractivity contribution in [2.45, 2.75) is 78.0 Å². The minimum atomic E-state index is -1.29. The summed E-state index contributed by atoms with van der Waals surface area (Å²) in [6.45, 7) is 7.88. The summed E-state index contributed by atoms with van der Waals surface area (Å²) in [6.07, 6.45) is 3.16. The van der Waals surface area contributed by atoms with Gasteiger partial charge in [-0.1, -0.05) is 27.2 Å². The fourth-order valence-corrected chi connectivity index (χ4v) is 3.05. The largest absolute Gasteiger partial charge is 0.465 e. The number of unbranched alkanes of at least 4 members (excludes halogenated alkanes) is 1. The minimum absolute atomic E-state index is 0.167. The highest BCUT2D eigenvalue weighted by Gasteiger charge is 2.49. The highest BCUT2D eigenvalue weighted by atomic mass is 16.6. The lowest BCUT2D eigenvalue weighted by Crippen LogP contribution is -2.48. The summed E-state index contributed by atoms with van der Waals surface area (Å²) in [4.78, 5) is 35.9. The molecule has 1 rings (SSSR count). The fourth-order valence-electron chi connectivity index (χ4n) is 3.05. The lowest BCUT2D eigenvalue weighted by atomic mass is 9.82. The molecule has 0 spiro atoms. The monoisotopic (exact) mass is 385 g/mol. The van der Waals surface area contributed by atoms with Crippen LogP contribution in [0.3, 0.4) is 0 Å². The maximum absolute atomic E-state index is 12.6. The van der Waals surface area contributed by atoms with Gasteiger partial charge in [0.25, 0.3) is 0 Å². The third-order valence-corrected chi connectivity index (χ3v) is 4.65. The second kappa shape index (κ2) is 11.7. The molecule has 1 aliphatic carbocycles. The van der Waals surface area contributed by atoms with Crippen LogP contribution in [0.4, 0.5) is 0 Å². The molecule has 154 valence electrons. The van der Waals surface area contributed by atoms with Gasteiger partial charge in [-0.05, 0) is 32.3 Å². The van der Waals surface area contributed by atoms with Crippen LogP contribution in [0.5, 0.6) is 0 Å². The van der Waals surface area contributed by atoms with E-state index >= 15 is 0 Å². The maximum Gasteiger partial charge on any atom is 0.334 e. The molecular weight excluding hydrogens is 354 g/mol. The van der Waals surface area contributed by atoms with Crippen LogP contribution in [-0.4, -0.2) is 48.3 Å². The van der Waals surface area contributed by atoms with E-state index in [1.165, 1.54) is 6.08 Å². The molecule has 0 heterocycles. The normalized spacial score (nSPS) is 22.3. The molecule has 8 heteroatoms. The molecular formula is C19H31NO7. The number of rotatable bonds is 11. The van der Waals surface area contributed by atoms with E-state index in [4.69, 9.17) is 14.2 Å². The molecule has 27 heavy (non-hydrogen) atoms. The first-order chi connectivity index (χ1) is 12.9. The van der Waals surface area contributed by atoms with E-state index in [2.05, 4.69) is 0 Å². The van der Waals surface area contributed by atoms with Crippen molar-refractivity contribution in [1.82, 2.24) is 0 Å². The zero-order valence-corrected chi connectivity index (χ0v) is 16.6. The van der Waals surface area contributed by atoms with Crippen LogP contribution in [0.15, 0.2) is 11.6 Å². The number of ether oxygens (including phenoxy) is 3. The van der Waals surface area contributed by atoms with Gasteiger partial charge in [-0.2, -0.15) is 0 Å². The topological polar surface area (TPSA) is 105 Å². The highest BCUT2D eigenvalue weighted by Crippen LogP contribution is 2.32. The van der Waals surface area contributed by atoms with Gasteiger partial charge in [-0.25, -0.2) is 4.79 Å². The maximum atomic E-state index is 12.6. The molecule has 0 saturated heterocycles. The van der Waals surface area contributed by atoms with Crippen molar-refractivity contribution in [1.29, 1.82) is 0 Å². The summed E-state index contributed by atoms with van der Waals surface area (Å²) in [7, 11) is 0. The molecule has 0 aromatic rings. The number of carbonyl (C=O) groups is 2. The first kappa shape index (κ1) is 23.1. The van der Waals surface area contributed by atoms with Gasteiger partial charge in [0.15, 0.2) is 5.92 Å². The Hall–Kier alpha value is -1.96. The standard InChI is InChI=1S/C19H31NO7/c1-5-9-10-26-19(22)17-15(20(23)24)11-13(18(21)25-8-4)12-16(17)27-14(6-2)7-3/h12,14-17H,5-11H2,1-4H3/t15?,16-,17-/m1/s1. The predicted octanol–water partition coefficient (Wildman–Crippen LogP) is 3.06. The minimum Gasteiger partial charge on any atom is -0.465 e. The molecule has 1 unspecified atom stereocenters. The van der Waals surface area contributed by atoms with Crippen molar-refractivity contribution < 1.29 is 28.7 Å². The van der Waals surface area contributed by atoms with E-state index in [0.29, 0.717) is 19.3 Å². The van der Waals surface area contributed by atoms with Crippen molar-refractivity contribution in [3.8, 4) is 0 Å². The van der Waals surface area contributed by atoms with Gasteiger partial charge in [0.1, 0.15) is 0 Å². The second-order valence-electron chi connectivity index (χ2n) is 6.56. The molecule has 0 fully saturated rings. The Labute approximate surface area is 160 Å². The van der Waals surface area contributed by atoms with Crippen LogP contribution >= 0.6 is 0 Å². The van der Waals surface area contributed by atoms with Crippen molar-refractivity contribution in [2.24, 2.45) is 5.92 Å². The molecule has 8 nitrogen and oxygen atoms in total. The van der Waals surface area contributed by atoms with E-state index in [-0.39, 0.29) is 31.3 Å². The summed E-state index contributed by atoms with van der Waals surface area (Å²) >= 11 is 0. The first-order valence-corrected chi connectivity index (χ1v) is 9.72. The second-order valence-corrected chi connectivity index (χ2v) is 6.56. The van der Waals surface area contributed by atoms with Gasteiger partial charge in [0.05, 0.1) is 25.4 Å². The molecule has 0 radical (unpaired) electrons. The summed E-state index contributed by atoms with van der Waals surface area (Å²) in [6, 6.07) is -1.29. The van der Waals surface area contributed by atoms with E-state index in [1.807, 2.05) is 20.8 Å². The lowest BCUT2D eigenvalue weighted by Gasteiger charge is -2.32. The Balaban J connectivity index is 3.18. The molecule has 1 aliphatic rings. The molecule has 0 N–H and O–H groups in total. The Morgan fingerprint density at radius 1 is 1.22 bits per heavy atom. The van der Waals surface area contributed by atoms with E-state index in [9.17, 15) is 19.7 Å². The number of hydrogen-bond acceptors (Lipinski definition) is 7. The number of nitrogens with zero attached hydrogens (tertiary/aromatic N) is 1. The van der Waals surface area contributed by atoms with Crippen LogP contribution in [0, 0.1) is 16.0 Å². The Kier molecular flexibility index (Phi) is 9.99. The van der Waals surface area contributed by atoms with Gasteiger partial charge in [-0.15, -0.1) is 0 Å². The Morgan fingerprint density at radius 2 is 1.89 bits per heavy atom. The van der Waals surface area contributed by atoms with E-state index in [0.717, 1.165) is 6.42 Å². The van der Waals surface area contributed by atoms with Crippen LogP contribution in [0.2, 0.25) is 0 Å². The number of nitro groups is 1.